The molecule has 5 heteroatoms. The van der Waals surface area contributed by atoms with Crippen molar-refractivity contribution in [3.8, 4) is 0 Å². The van der Waals surface area contributed by atoms with Crippen molar-refractivity contribution in [2.24, 2.45) is 0 Å². The summed E-state index contributed by atoms with van der Waals surface area (Å²) in [5.74, 6) is -1.71. The van der Waals surface area contributed by atoms with Crippen LogP contribution in [0.4, 0.5) is 0 Å². The van der Waals surface area contributed by atoms with E-state index in [4.69, 9.17) is 32.7 Å². The Morgan fingerprint density at radius 3 is 2.31 bits per heavy atom. The van der Waals surface area contributed by atoms with E-state index in [1.807, 2.05) is 0 Å². The largest absolute Gasteiger partial charge is 0.348 e. The normalized spacial score (nSPS) is 28.7. The first-order valence-electron chi connectivity index (χ1n) is 4.73. The molecular weight excluding hydrogens is 251 g/mol. The molecule has 16 heavy (non-hydrogen) atoms. The maximum Gasteiger partial charge on any atom is 0.219 e. The number of allylic oxidation sites excluding steroid dienone is 2. The summed E-state index contributed by atoms with van der Waals surface area (Å²) in [5, 5.41) is 0.0700. The number of hydrogen-bond acceptors (Lipinski definition) is 3. The van der Waals surface area contributed by atoms with Crippen molar-refractivity contribution in [2.75, 3.05) is 14.2 Å². The van der Waals surface area contributed by atoms with Gasteiger partial charge in [0.1, 0.15) is 0 Å². The van der Waals surface area contributed by atoms with Crippen molar-refractivity contribution in [2.45, 2.75) is 24.0 Å². The highest BCUT2D eigenvalue weighted by atomic mass is 35.5. The maximum atomic E-state index is 12.0. The molecule has 0 amide bonds. The van der Waals surface area contributed by atoms with E-state index in [0.717, 1.165) is 0 Å². The van der Waals surface area contributed by atoms with Crippen LogP contribution in [-0.4, -0.2) is 30.7 Å². The first kappa shape index (κ1) is 13.7. The zero-order valence-electron chi connectivity index (χ0n) is 9.47. The van der Waals surface area contributed by atoms with Crippen LogP contribution in [0.15, 0.2) is 23.3 Å². The van der Waals surface area contributed by atoms with Gasteiger partial charge in [0.2, 0.25) is 11.6 Å². The van der Waals surface area contributed by atoms with Gasteiger partial charge in [-0.3, -0.25) is 4.79 Å². The zero-order valence-corrected chi connectivity index (χ0v) is 11.0. The van der Waals surface area contributed by atoms with E-state index in [1.165, 1.54) is 14.2 Å². The Hall–Kier alpha value is -0.350. The SMILES string of the molecule is C=CCC1(Cl)C(=O)C(Cl)=C(C)C1(OC)OC. The molecule has 0 spiro atoms. The highest BCUT2D eigenvalue weighted by Gasteiger charge is 2.63. The standard InChI is InChI=1S/C11H14Cl2O3/c1-5-6-10(13)9(14)8(12)7(2)11(10,15-3)16-4/h5H,1,6H2,2-4H3. The Bertz CT molecular complexity index is 358. The second kappa shape index (κ2) is 4.49. The summed E-state index contributed by atoms with van der Waals surface area (Å²) in [6.07, 6.45) is 1.75. The lowest BCUT2D eigenvalue weighted by molar-refractivity contribution is -0.195. The van der Waals surface area contributed by atoms with E-state index in [1.54, 1.807) is 13.0 Å². The molecule has 1 unspecified atom stereocenters. The minimum atomic E-state index is -1.38. The third-order valence-corrected chi connectivity index (χ3v) is 3.93. The molecule has 0 fully saturated rings. The fraction of sp³-hybridized carbons (Fsp3) is 0.545. The molecule has 0 aromatic rings. The molecule has 0 saturated carbocycles. The van der Waals surface area contributed by atoms with Crippen molar-refractivity contribution in [1.29, 1.82) is 0 Å². The van der Waals surface area contributed by atoms with Crippen LogP contribution in [0.25, 0.3) is 0 Å². The quantitative estimate of drug-likeness (QED) is 0.445. The van der Waals surface area contributed by atoms with E-state index in [0.29, 0.717) is 5.57 Å². The molecule has 1 atom stereocenters. The van der Waals surface area contributed by atoms with Crippen LogP contribution in [0.5, 0.6) is 0 Å². The number of hydrogen-bond donors (Lipinski definition) is 0. The Morgan fingerprint density at radius 1 is 1.44 bits per heavy atom. The number of Topliss-reactive ketones (excluding diaryl/α,β-unsaturated/α-hetero) is 1. The Morgan fingerprint density at radius 2 is 1.94 bits per heavy atom. The number of rotatable bonds is 4. The summed E-state index contributed by atoms with van der Waals surface area (Å²) in [4.78, 5) is 10.7. The highest BCUT2D eigenvalue weighted by Crippen LogP contribution is 2.51. The Balaban J connectivity index is 3.40. The van der Waals surface area contributed by atoms with E-state index in [9.17, 15) is 4.79 Å². The van der Waals surface area contributed by atoms with Gasteiger partial charge in [-0.2, -0.15) is 0 Å². The minimum Gasteiger partial charge on any atom is -0.348 e. The maximum absolute atomic E-state index is 12.0. The molecule has 0 saturated heterocycles. The van der Waals surface area contributed by atoms with Gasteiger partial charge in [0.25, 0.3) is 0 Å². The number of ketones is 1. The summed E-state index contributed by atoms with van der Waals surface area (Å²) >= 11 is 12.3. The fourth-order valence-electron chi connectivity index (χ4n) is 2.07. The lowest BCUT2D eigenvalue weighted by Gasteiger charge is -2.38. The number of carbonyl (C=O) groups is 1. The molecule has 0 radical (unpaired) electrons. The van der Waals surface area contributed by atoms with E-state index >= 15 is 0 Å². The molecule has 0 heterocycles. The molecule has 1 rings (SSSR count). The second-order valence-electron chi connectivity index (χ2n) is 3.59. The molecule has 0 bridgehead atoms. The number of carbonyl (C=O) groups excluding carboxylic acids is 1. The number of methoxy groups -OCH3 is 2. The molecule has 0 aliphatic heterocycles. The first-order valence-corrected chi connectivity index (χ1v) is 5.48. The van der Waals surface area contributed by atoms with Crippen molar-refractivity contribution in [3.63, 3.8) is 0 Å². The van der Waals surface area contributed by atoms with Gasteiger partial charge in [-0.25, -0.2) is 0 Å². The van der Waals surface area contributed by atoms with Crippen molar-refractivity contribution < 1.29 is 14.3 Å². The average molecular weight is 265 g/mol. The summed E-state index contributed by atoms with van der Waals surface area (Å²) in [6.45, 7) is 5.25. The lowest BCUT2D eigenvalue weighted by atomic mass is 9.92. The summed E-state index contributed by atoms with van der Waals surface area (Å²) in [6, 6.07) is 0. The Kier molecular flexibility index (Phi) is 3.85. The molecule has 0 N–H and O–H groups in total. The van der Waals surface area contributed by atoms with Gasteiger partial charge < -0.3 is 9.47 Å². The van der Waals surface area contributed by atoms with Gasteiger partial charge in [0.05, 0.1) is 5.03 Å². The van der Waals surface area contributed by atoms with Crippen LogP contribution in [0, 0.1) is 0 Å². The van der Waals surface area contributed by atoms with Crippen LogP contribution in [0.3, 0.4) is 0 Å². The minimum absolute atomic E-state index is 0.0700. The fourth-order valence-corrected chi connectivity index (χ4v) is 2.91. The van der Waals surface area contributed by atoms with Gasteiger partial charge in [-0.05, 0) is 13.3 Å². The molecule has 0 aromatic heterocycles. The number of alkyl halides is 1. The predicted octanol–water partition coefficient (Wildman–Crippen LogP) is 2.62. The molecule has 1 aliphatic rings. The van der Waals surface area contributed by atoms with Crippen LogP contribution in [0.1, 0.15) is 13.3 Å². The number of halogens is 2. The monoisotopic (exact) mass is 264 g/mol. The van der Waals surface area contributed by atoms with Gasteiger partial charge in [-0.15, -0.1) is 18.2 Å². The average Bonchev–Trinajstić information content (AvgIpc) is 2.41. The predicted molar refractivity (Wildman–Crippen MR) is 63.7 cm³/mol. The number of ether oxygens (including phenoxy) is 2. The smallest absolute Gasteiger partial charge is 0.219 e. The summed E-state index contributed by atoms with van der Waals surface area (Å²) in [5.41, 5.74) is 0.487. The molecular formula is C11H14Cl2O3. The van der Waals surface area contributed by atoms with Crippen LogP contribution >= 0.6 is 23.2 Å². The van der Waals surface area contributed by atoms with Crippen LogP contribution < -0.4 is 0 Å². The van der Waals surface area contributed by atoms with Crippen LogP contribution in [0.2, 0.25) is 0 Å². The molecule has 3 nitrogen and oxygen atoms in total. The van der Waals surface area contributed by atoms with Gasteiger partial charge in [0.15, 0.2) is 4.87 Å². The zero-order chi connectivity index (χ0) is 12.6. The van der Waals surface area contributed by atoms with Gasteiger partial charge in [0, 0.05) is 19.8 Å². The second-order valence-corrected chi connectivity index (χ2v) is 4.61. The molecule has 1 aliphatic carbocycles. The van der Waals surface area contributed by atoms with E-state index in [-0.39, 0.29) is 11.5 Å². The Labute approximate surface area is 105 Å². The topological polar surface area (TPSA) is 35.5 Å². The summed E-state index contributed by atoms with van der Waals surface area (Å²) in [7, 11) is 2.85. The van der Waals surface area contributed by atoms with Crippen molar-refractivity contribution >= 4 is 29.0 Å². The third kappa shape index (κ3) is 1.46. The highest BCUT2D eigenvalue weighted by molar-refractivity contribution is 6.53. The first-order chi connectivity index (χ1) is 7.41. The van der Waals surface area contributed by atoms with Crippen molar-refractivity contribution in [1.82, 2.24) is 0 Å². The molecule has 90 valence electrons. The summed E-state index contributed by atoms with van der Waals surface area (Å²) < 4.78 is 10.6. The van der Waals surface area contributed by atoms with Gasteiger partial charge in [-0.1, -0.05) is 17.7 Å². The van der Waals surface area contributed by atoms with Crippen LogP contribution in [-0.2, 0) is 14.3 Å². The van der Waals surface area contributed by atoms with E-state index in [2.05, 4.69) is 6.58 Å². The molecule has 0 aromatic carbocycles. The van der Waals surface area contributed by atoms with Gasteiger partial charge >= 0.3 is 0 Å². The lowest BCUT2D eigenvalue weighted by Crippen LogP contribution is -2.54. The van der Waals surface area contributed by atoms with E-state index < -0.39 is 16.4 Å². The third-order valence-electron chi connectivity index (χ3n) is 2.90. The van der Waals surface area contributed by atoms with Crippen molar-refractivity contribution in [3.05, 3.63) is 23.3 Å².